The molecule has 0 aliphatic heterocycles. The molecular weight excluding hydrogens is 368 g/mol. The van der Waals surface area contributed by atoms with Gasteiger partial charge in [-0.25, -0.2) is 4.79 Å². The Morgan fingerprint density at radius 2 is 1.60 bits per heavy atom. The van der Waals surface area contributed by atoms with Crippen LogP contribution < -0.4 is 0 Å². The fourth-order valence-electron chi connectivity index (χ4n) is 3.62. The number of esters is 1. The number of hydrogen-bond donors (Lipinski definition) is 0. The molecule has 2 heteroatoms. The van der Waals surface area contributed by atoms with Gasteiger partial charge in [-0.05, 0) is 63.3 Å². The summed E-state index contributed by atoms with van der Waals surface area (Å²) in [6.07, 6.45) is 12.2. The summed E-state index contributed by atoms with van der Waals surface area (Å²) >= 11 is 0. The standard InChI is InChI=1S/C28H32O2/c1-27(2,3)17-15-22-16-18-28(4,5)25-14-11-21(19-24(22)25)8-7-20-9-12-23(13-10-20)26(29)30-6/h7-17,19H,18H2,1-6H3. The van der Waals surface area contributed by atoms with Crippen LogP contribution in [0.5, 0.6) is 0 Å². The van der Waals surface area contributed by atoms with E-state index in [9.17, 15) is 4.79 Å². The summed E-state index contributed by atoms with van der Waals surface area (Å²) in [4.78, 5) is 11.6. The first kappa shape index (κ1) is 21.8. The topological polar surface area (TPSA) is 26.3 Å². The highest BCUT2D eigenvalue weighted by molar-refractivity contribution is 5.89. The molecule has 2 aromatic carbocycles. The van der Waals surface area contributed by atoms with E-state index in [2.05, 4.69) is 83.2 Å². The highest BCUT2D eigenvalue weighted by Crippen LogP contribution is 2.40. The van der Waals surface area contributed by atoms with Gasteiger partial charge in [0.1, 0.15) is 0 Å². The van der Waals surface area contributed by atoms with Gasteiger partial charge < -0.3 is 4.74 Å². The Kier molecular flexibility index (Phi) is 6.17. The number of carbonyl (C=O) groups excluding carboxylic acids is 1. The van der Waals surface area contributed by atoms with Gasteiger partial charge in [0.15, 0.2) is 0 Å². The average Bonchev–Trinajstić information content (AvgIpc) is 2.70. The van der Waals surface area contributed by atoms with E-state index < -0.39 is 0 Å². The Bertz CT molecular complexity index is 1010. The lowest BCUT2D eigenvalue weighted by Crippen LogP contribution is -2.21. The van der Waals surface area contributed by atoms with Crippen LogP contribution in [0.15, 0.2) is 60.7 Å². The van der Waals surface area contributed by atoms with E-state index in [1.807, 2.05) is 12.1 Å². The van der Waals surface area contributed by atoms with Crippen LogP contribution in [-0.4, -0.2) is 13.1 Å². The summed E-state index contributed by atoms with van der Waals surface area (Å²) in [6, 6.07) is 14.2. The molecule has 0 heterocycles. The summed E-state index contributed by atoms with van der Waals surface area (Å²) in [7, 11) is 1.40. The Labute approximate surface area is 181 Å². The third kappa shape index (κ3) is 5.18. The molecule has 0 N–H and O–H groups in total. The molecule has 3 rings (SSSR count). The monoisotopic (exact) mass is 400 g/mol. The molecule has 30 heavy (non-hydrogen) atoms. The molecule has 1 aliphatic carbocycles. The molecule has 0 fully saturated rings. The van der Waals surface area contributed by atoms with Crippen molar-refractivity contribution in [2.24, 2.45) is 5.41 Å². The van der Waals surface area contributed by atoms with Gasteiger partial charge in [0.25, 0.3) is 0 Å². The summed E-state index contributed by atoms with van der Waals surface area (Å²) in [5.74, 6) is -0.314. The van der Waals surface area contributed by atoms with Crippen LogP contribution in [-0.2, 0) is 10.2 Å². The molecular formula is C28H32O2. The van der Waals surface area contributed by atoms with E-state index in [1.165, 1.54) is 29.4 Å². The van der Waals surface area contributed by atoms with Crippen molar-refractivity contribution in [3.8, 4) is 0 Å². The smallest absolute Gasteiger partial charge is 0.337 e. The molecule has 156 valence electrons. The second-order valence-electron chi connectivity index (χ2n) is 9.70. The quantitative estimate of drug-likeness (QED) is 0.397. The molecule has 2 nitrogen and oxygen atoms in total. The van der Waals surface area contributed by atoms with Crippen molar-refractivity contribution >= 4 is 23.7 Å². The van der Waals surface area contributed by atoms with Crippen molar-refractivity contribution in [2.75, 3.05) is 7.11 Å². The van der Waals surface area contributed by atoms with E-state index in [1.54, 1.807) is 12.1 Å². The Hall–Kier alpha value is -2.87. The third-order valence-electron chi connectivity index (χ3n) is 5.48. The highest BCUT2D eigenvalue weighted by atomic mass is 16.5. The first-order valence-electron chi connectivity index (χ1n) is 10.5. The van der Waals surface area contributed by atoms with Crippen LogP contribution in [0.1, 0.15) is 73.7 Å². The van der Waals surface area contributed by atoms with E-state index in [4.69, 9.17) is 4.74 Å². The summed E-state index contributed by atoms with van der Waals surface area (Å²) in [6.45, 7) is 11.3. The van der Waals surface area contributed by atoms with E-state index >= 15 is 0 Å². The number of fused-ring (bicyclic) bond motifs is 1. The largest absolute Gasteiger partial charge is 0.465 e. The number of carbonyl (C=O) groups is 1. The third-order valence-corrected chi connectivity index (χ3v) is 5.48. The van der Waals surface area contributed by atoms with Crippen LogP contribution in [0.4, 0.5) is 0 Å². The van der Waals surface area contributed by atoms with Gasteiger partial charge in [-0.2, -0.15) is 0 Å². The van der Waals surface area contributed by atoms with Gasteiger partial charge in [-0.1, -0.05) is 89.3 Å². The minimum atomic E-state index is -0.314. The minimum absolute atomic E-state index is 0.139. The number of hydrogen-bond acceptors (Lipinski definition) is 2. The van der Waals surface area contributed by atoms with E-state index in [0.717, 1.165) is 12.0 Å². The zero-order chi connectivity index (χ0) is 21.9. The van der Waals surface area contributed by atoms with Crippen LogP contribution in [0.3, 0.4) is 0 Å². The normalized spacial score (nSPS) is 15.9. The van der Waals surface area contributed by atoms with Crippen LogP contribution in [0.2, 0.25) is 0 Å². The maximum atomic E-state index is 11.6. The summed E-state index contributed by atoms with van der Waals surface area (Å²) < 4.78 is 4.76. The van der Waals surface area contributed by atoms with Gasteiger partial charge in [0.2, 0.25) is 0 Å². The number of allylic oxidation sites excluding steroid dienone is 4. The van der Waals surface area contributed by atoms with Crippen LogP contribution in [0, 0.1) is 5.41 Å². The zero-order valence-electron chi connectivity index (χ0n) is 19.0. The highest BCUT2D eigenvalue weighted by Gasteiger charge is 2.27. The van der Waals surface area contributed by atoms with Gasteiger partial charge >= 0.3 is 5.97 Å². The van der Waals surface area contributed by atoms with Crippen molar-refractivity contribution in [1.29, 1.82) is 0 Å². The summed E-state index contributed by atoms with van der Waals surface area (Å²) in [5, 5.41) is 0. The Morgan fingerprint density at radius 1 is 0.967 bits per heavy atom. The molecule has 0 saturated heterocycles. The van der Waals surface area contributed by atoms with Crippen LogP contribution in [0.25, 0.3) is 17.7 Å². The lowest BCUT2D eigenvalue weighted by atomic mass is 9.72. The maximum absolute atomic E-state index is 11.6. The number of rotatable bonds is 4. The molecule has 1 aliphatic rings. The fourth-order valence-corrected chi connectivity index (χ4v) is 3.62. The molecule has 0 unspecified atom stereocenters. The second kappa shape index (κ2) is 8.47. The van der Waals surface area contributed by atoms with Gasteiger partial charge in [0, 0.05) is 0 Å². The molecule has 0 spiro atoms. The first-order valence-corrected chi connectivity index (χ1v) is 10.5. The predicted molar refractivity (Wildman–Crippen MR) is 127 cm³/mol. The molecule has 0 radical (unpaired) electrons. The number of ether oxygens (including phenoxy) is 1. The van der Waals surface area contributed by atoms with Crippen molar-refractivity contribution in [2.45, 2.75) is 46.5 Å². The number of benzene rings is 2. The lowest BCUT2D eigenvalue weighted by Gasteiger charge is -2.32. The maximum Gasteiger partial charge on any atom is 0.337 e. The molecule has 0 bridgehead atoms. The lowest BCUT2D eigenvalue weighted by molar-refractivity contribution is 0.0600. The average molecular weight is 401 g/mol. The number of methoxy groups -OCH3 is 1. The SMILES string of the molecule is COC(=O)c1ccc(C=Cc2ccc3c(c2)C(C=CC(C)(C)C)=CCC3(C)C)cc1. The van der Waals surface area contributed by atoms with Gasteiger partial charge in [-0.3, -0.25) is 0 Å². The zero-order valence-corrected chi connectivity index (χ0v) is 19.0. The van der Waals surface area contributed by atoms with Crippen LogP contribution >= 0.6 is 0 Å². The Balaban J connectivity index is 1.90. The van der Waals surface area contributed by atoms with Crippen molar-refractivity contribution < 1.29 is 9.53 Å². The second-order valence-corrected chi connectivity index (χ2v) is 9.70. The predicted octanol–water partition coefficient (Wildman–Crippen LogP) is 7.31. The fraction of sp³-hybridized carbons (Fsp3) is 0.321. The van der Waals surface area contributed by atoms with Crippen molar-refractivity contribution in [3.05, 3.63) is 88.5 Å². The summed E-state index contributed by atoms with van der Waals surface area (Å²) in [5.41, 5.74) is 7.08. The van der Waals surface area contributed by atoms with E-state index in [0.29, 0.717) is 5.56 Å². The minimum Gasteiger partial charge on any atom is -0.465 e. The van der Waals surface area contributed by atoms with E-state index in [-0.39, 0.29) is 16.8 Å². The molecule has 2 aromatic rings. The molecule has 0 amide bonds. The Morgan fingerprint density at radius 3 is 2.23 bits per heavy atom. The van der Waals surface area contributed by atoms with Crippen molar-refractivity contribution in [3.63, 3.8) is 0 Å². The molecule has 0 aromatic heterocycles. The first-order chi connectivity index (χ1) is 14.1. The molecule has 0 saturated carbocycles. The van der Waals surface area contributed by atoms with Gasteiger partial charge in [0.05, 0.1) is 12.7 Å². The van der Waals surface area contributed by atoms with Gasteiger partial charge in [-0.15, -0.1) is 0 Å². The molecule has 0 atom stereocenters. The van der Waals surface area contributed by atoms with Crippen molar-refractivity contribution in [1.82, 2.24) is 0 Å².